The fraction of sp³-hybridized carbons (Fsp3) is 0.231. The average molecular weight is 449 g/mol. The lowest BCUT2D eigenvalue weighted by Gasteiger charge is -2.12. The van der Waals surface area contributed by atoms with Gasteiger partial charge in [0.15, 0.2) is 11.5 Å². The van der Waals surface area contributed by atoms with Crippen LogP contribution in [0.15, 0.2) is 82.8 Å². The van der Waals surface area contributed by atoms with E-state index >= 15 is 0 Å². The molecule has 0 heterocycles. The second-order valence-corrected chi connectivity index (χ2v) is 8.29. The molecule has 0 bridgehead atoms. The molecular weight excluding hydrogens is 420 g/mol. The minimum absolute atomic E-state index is 0.117. The van der Waals surface area contributed by atoms with Crippen LogP contribution in [0.25, 0.3) is 0 Å². The second-order valence-electron chi connectivity index (χ2n) is 7.12. The van der Waals surface area contributed by atoms with Crippen LogP contribution in [-0.2, 0) is 11.4 Å². The average Bonchev–Trinajstić information content (AvgIpc) is 2.81. The van der Waals surface area contributed by atoms with Crippen LogP contribution in [-0.4, -0.2) is 24.5 Å². The van der Waals surface area contributed by atoms with Crippen molar-refractivity contribution in [2.75, 3.05) is 12.4 Å². The molecule has 3 aromatic rings. The molecule has 0 unspecified atom stereocenters. The summed E-state index contributed by atoms with van der Waals surface area (Å²) in [5.41, 5.74) is 5.71. The summed E-state index contributed by atoms with van der Waals surface area (Å²) in [6.45, 7) is 4.97. The van der Waals surface area contributed by atoms with Crippen molar-refractivity contribution in [1.29, 1.82) is 0 Å². The van der Waals surface area contributed by atoms with Crippen molar-refractivity contribution >= 4 is 23.9 Å². The van der Waals surface area contributed by atoms with Crippen LogP contribution in [0.4, 0.5) is 0 Å². The van der Waals surface area contributed by atoms with E-state index in [0.29, 0.717) is 36.9 Å². The van der Waals surface area contributed by atoms with Crippen molar-refractivity contribution in [1.82, 2.24) is 5.43 Å². The maximum Gasteiger partial charge on any atom is 0.240 e. The van der Waals surface area contributed by atoms with Crippen LogP contribution >= 0.6 is 11.8 Å². The molecule has 3 aromatic carbocycles. The Hall–Kier alpha value is -3.25. The lowest BCUT2D eigenvalue weighted by Crippen LogP contribution is -2.17. The molecule has 0 spiro atoms. The van der Waals surface area contributed by atoms with E-state index in [1.807, 2.05) is 55.5 Å². The topological polar surface area (TPSA) is 59.9 Å². The Bertz CT molecular complexity index is 1020. The van der Waals surface area contributed by atoms with E-state index in [-0.39, 0.29) is 5.91 Å². The summed E-state index contributed by atoms with van der Waals surface area (Å²) in [5, 5.41) is 4.07. The molecule has 5 nitrogen and oxygen atoms in total. The number of carbonyl (C=O) groups excluding carboxylic acids is 1. The third-order valence-corrected chi connectivity index (χ3v) is 5.54. The number of nitrogens with zero attached hydrogens (tertiary/aromatic N) is 1. The third kappa shape index (κ3) is 7.78. The van der Waals surface area contributed by atoms with Gasteiger partial charge in [-0.2, -0.15) is 5.10 Å². The van der Waals surface area contributed by atoms with Crippen molar-refractivity contribution in [2.45, 2.75) is 31.8 Å². The van der Waals surface area contributed by atoms with Crippen molar-refractivity contribution in [3.05, 3.63) is 89.5 Å². The molecule has 0 atom stereocenters. The fourth-order valence-corrected chi connectivity index (χ4v) is 3.71. The van der Waals surface area contributed by atoms with Gasteiger partial charge in [0.2, 0.25) is 5.91 Å². The molecule has 166 valence electrons. The maximum absolute atomic E-state index is 12.0. The van der Waals surface area contributed by atoms with Gasteiger partial charge in [0.25, 0.3) is 0 Å². The molecule has 0 aliphatic carbocycles. The van der Waals surface area contributed by atoms with Crippen LogP contribution in [0, 0.1) is 6.92 Å². The minimum atomic E-state index is -0.117. The van der Waals surface area contributed by atoms with Crippen LogP contribution < -0.4 is 14.9 Å². The maximum atomic E-state index is 12.0. The van der Waals surface area contributed by atoms with Gasteiger partial charge in [0.1, 0.15) is 6.61 Å². The molecule has 3 rings (SSSR count). The number of carbonyl (C=O) groups is 1. The highest BCUT2D eigenvalue weighted by Crippen LogP contribution is 2.29. The lowest BCUT2D eigenvalue weighted by molar-refractivity contribution is -0.120. The molecular formula is C26H28N2O3S. The van der Waals surface area contributed by atoms with E-state index in [1.165, 1.54) is 5.56 Å². The Morgan fingerprint density at radius 3 is 2.53 bits per heavy atom. The Labute approximate surface area is 193 Å². The third-order valence-electron chi connectivity index (χ3n) is 4.53. The molecule has 1 amide bonds. The van der Waals surface area contributed by atoms with Gasteiger partial charge in [0, 0.05) is 17.1 Å². The number of amides is 1. The highest BCUT2D eigenvalue weighted by molar-refractivity contribution is 7.99. The zero-order valence-electron chi connectivity index (χ0n) is 18.4. The summed E-state index contributed by atoms with van der Waals surface area (Å²) in [6, 6.07) is 23.8. The van der Waals surface area contributed by atoms with Gasteiger partial charge >= 0.3 is 0 Å². The van der Waals surface area contributed by atoms with E-state index in [1.54, 1.807) is 18.0 Å². The molecule has 0 radical (unpaired) electrons. The SMILES string of the molecule is CCOc1cc(/C=N\NC(=O)CCSc2ccc(C)cc2)ccc1OCc1ccccc1. The molecule has 0 saturated carbocycles. The molecule has 1 N–H and O–H groups in total. The number of thioether (sulfide) groups is 1. The van der Waals surface area contributed by atoms with Gasteiger partial charge in [0.05, 0.1) is 12.8 Å². The first-order valence-electron chi connectivity index (χ1n) is 10.6. The zero-order valence-corrected chi connectivity index (χ0v) is 19.2. The predicted octanol–water partition coefficient (Wildman–Crippen LogP) is 5.61. The lowest BCUT2D eigenvalue weighted by atomic mass is 10.2. The number of benzene rings is 3. The molecule has 0 fully saturated rings. The normalized spacial score (nSPS) is 10.8. The predicted molar refractivity (Wildman–Crippen MR) is 131 cm³/mol. The Kier molecular flexibility index (Phi) is 9.20. The number of hydrogen-bond acceptors (Lipinski definition) is 5. The zero-order chi connectivity index (χ0) is 22.6. The first kappa shape index (κ1) is 23.4. The number of hydrogen-bond donors (Lipinski definition) is 1. The number of nitrogens with one attached hydrogen (secondary N) is 1. The summed E-state index contributed by atoms with van der Waals surface area (Å²) in [6.07, 6.45) is 2.00. The Morgan fingerprint density at radius 1 is 1.00 bits per heavy atom. The summed E-state index contributed by atoms with van der Waals surface area (Å²) < 4.78 is 11.6. The molecule has 0 saturated heterocycles. The smallest absolute Gasteiger partial charge is 0.240 e. The van der Waals surface area contributed by atoms with E-state index in [4.69, 9.17) is 9.47 Å². The Morgan fingerprint density at radius 2 is 1.78 bits per heavy atom. The quantitative estimate of drug-likeness (QED) is 0.235. The van der Waals surface area contributed by atoms with Crippen LogP contribution in [0.5, 0.6) is 11.5 Å². The number of ether oxygens (including phenoxy) is 2. The van der Waals surface area contributed by atoms with Crippen molar-refractivity contribution in [3.63, 3.8) is 0 Å². The van der Waals surface area contributed by atoms with E-state index in [0.717, 1.165) is 16.0 Å². The van der Waals surface area contributed by atoms with Crippen LogP contribution in [0.3, 0.4) is 0 Å². The van der Waals surface area contributed by atoms with Crippen LogP contribution in [0.1, 0.15) is 30.0 Å². The fourth-order valence-electron chi connectivity index (χ4n) is 2.86. The monoisotopic (exact) mass is 448 g/mol. The number of hydrazone groups is 1. The minimum Gasteiger partial charge on any atom is -0.490 e. The van der Waals surface area contributed by atoms with Gasteiger partial charge in [-0.15, -0.1) is 11.8 Å². The van der Waals surface area contributed by atoms with E-state index in [9.17, 15) is 4.79 Å². The first-order valence-corrected chi connectivity index (χ1v) is 11.6. The van der Waals surface area contributed by atoms with Gasteiger partial charge < -0.3 is 9.47 Å². The van der Waals surface area contributed by atoms with Gasteiger partial charge in [-0.05, 0) is 55.3 Å². The van der Waals surface area contributed by atoms with Crippen molar-refractivity contribution in [3.8, 4) is 11.5 Å². The molecule has 32 heavy (non-hydrogen) atoms. The van der Waals surface area contributed by atoms with Crippen LogP contribution in [0.2, 0.25) is 0 Å². The number of aryl methyl sites for hydroxylation is 1. The van der Waals surface area contributed by atoms with E-state index in [2.05, 4.69) is 41.7 Å². The summed E-state index contributed by atoms with van der Waals surface area (Å²) in [7, 11) is 0. The molecule has 6 heteroatoms. The largest absolute Gasteiger partial charge is 0.490 e. The van der Waals surface area contributed by atoms with Gasteiger partial charge in [-0.3, -0.25) is 4.79 Å². The standard InChI is InChI=1S/C26H28N2O3S/c1-3-30-25-17-22(11-14-24(25)31-19-21-7-5-4-6-8-21)18-27-28-26(29)15-16-32-23-12-9-20(2)10-13-23/h4-14,17-18H,3,15-16,19H2,1-2H3,(H,28,29)/b27-18-. The summed E-state index contributed by atoms with van der Waals surface area (Å²) >= 11 is 1.66. The summed E-state index contributed by atoms with van der Waals surface area (Å²) in [5.74, 6) is 1.90. The Balaban J connectivity index is 1.49. The molecule has 0 aliphatic heterocycles. The molecule has 0 aliphatic rings. The second kappa shape index (κ2) is 12.6. The molecule has 0 aromatic heterocycles. The van der Waals surface area contributed by atoms with Gasteiger partial charge in [-0.1, -0.05) is 48.0 Å². The van der Waals surface area contributed by atoms with Crippen molar-refractivity contribution in [2.24, 2.45) is 5.10 Å². The highest BCUT2D eigenvalue weighted by atomic mass is 32.2. The first-order chi connectivity index (χ1) is 15.6. The number of rotatable bonds is 11. The van der Waals surface area contributed by atoms with Crippen molar-refractivity contribution < 1.29 is 14.3 Å². The van der Waals surface area contributed by atoms with E-state index < -0.39 is 0 Å². The highest BCUT2D eigenvalue weighted by Gasteiger charge is 2.07. The van der Waals surface area contributed by atoms with Gasteiger partial charge in [-0.25, -0.2) is 5.43 Å². The summed E-state index contributed by atoms with van der Waals surface area (Å²) in [4.78, 5) is 13.2.